The summed E-state index contributed by atoms with van der Waals surface area (Å²) in [6.07, 6.45) is 2.83. The van der Waals surface area contributed by atoms with E-state index in [1.807, 2.05) is 18.2 Å². The van der Waals surface area contributed by atoms with E-state index in [0.29, 0.717) is 34.4 Å². The highest BCUT2D eigenvalue weighted by atomic mass is 32.2. The third kappa shape index (κ3) is 5.40. The number of nitrogens with one attached hydrogen (secondary N) is 1. The minimum absolute atomic E-state index is 0.136. The van der Waals surface area contributed by atoms with E-state index in [1.165, 1.54) is 28.0 Å². The van der Waals surface area contributed by atoms with Crippen LogP contribution in [0.5, 0.6) is 0 Å². The lowest BCUT2D eigenvalue weighted by molar-refractivity contribution is -0.113. The van der Waals surface area contributed by atoms with E-state index >= 15 is 0 Å². The number of nitriles is 1. The lowest BCUT2D eigenvalue weighted by atomic mass is 9.88. The number of thioether (sulfide) groups is 1. The highest BCUT2D eigenvalue weighted by Crippen LogP contribution is 2.40. The number of nitrogens with zero attached hydrogens (tertiary/aromatic N) is 1. The number of carbonyl (C=O) groups excluding carboxylic acids is 2. The van der Waals surface area contributed by atoms with E-state index in [-0.39, 0.29) is 17.6 Å². The maximum atomic E-state index is 12.5. The Kier molecular flexibility index (Phi) is 7.34. The van der Waals surface area contributed by atoms with E-state index in [4.69, 9.17) is 10.00 Å². The lowest BCUT2D eigenvalue weighted by Gasteiger charge is -2.18. The minimum atomic E-state index is -0.351. The number of ether oxygens (including phenoxy) is 1. The van der Waals surface area contributed by atoms with E-state index in [1.54, 1.807) is 13.0 Å². The Morgan fingerprint density at radius 3 is 3.00 bits per heavy atom. The van der Waals surface area contributed by atoms with Crippen LogP contribution in [0.2, 0.25) is 0 Å². The van der Waals surface area contributed by atoms with Crippen molar-refractivity contribution in [3.63, 3.8) is 0 Å². The zero-order valence-electron chi connectivity index (χ0n) is 16.6. The van der Waals surface area contributed by atoms with Gasteiger partial charge < -0.3 is 10.1 Å². The molecular formula is C22H24N2O3S2. The number of benzene rings is 1. The molecule has 1 aromatic carbocycles. The summed E-state index contributed by atoms with van der Waals surface area (Å²) in [4.78, 5) is 26.2. The van der Waals surface area contributed by atoms with Gasteiger partial charge in [0.25, 0.3) is 0 Å². The first-order valence-electron chi connectivity index (χ1n) is 9.70. The number of carbonyl (C=O) groups is 2. The largest absolute Gasteiger partial charge is 0.462 e. The Balaban J connectivity index is 1.66. The third-order valence-corrected chi connectivity index (χ3v) is 6.98. The molecule has 1 atom stereocenters. The zero-order chi connectivity index (χ0) is 20.8. The van der Waals surface area contributed by atoms with Crippen molar-refractivity contribution in [3.8, 4) is 6.07 Å². The third-order valence-electron chi connectivity index (χ3n) is 4.80. The van der Waals surface area contributed by atoms with Crippen LogP contribution in [0, 0.1) is 17.2 Å². The monoisotopic (exact) mass is 428 g/mol. The van der Waals surface area contributed by atoms with Crippen molar-refractivity contribution in [3.05, 3.63) is 51.4 Å². The topological polar surface area (TPSA) is 79.2 Å². The van der Waals surface area contributed by atoms with Crippen molar-refractivity contribution in [1.29, 1.82) is 5.26 Å². The molecule has 0 spiro atoms. The molecule has 5 nitrogen and oxygen atoms in total. The second-order valence-electron chi connectivity index (χ2n) is 7.13. The fourth-order valence-electron chi connectivity index (χ4n) is 3.41. The highest BCUT2D eigenvalue weighted by Gasteiger charge is 2.29. The van der Waals surface area contributed by atoms with Crippen LogP contribution in [0.4, 0.5) is 5.00 Å². The van der Waals surface area contributed by atoms with Crippen molar-refractivity contribution in [2.24, 2.45) is 5.92 Å². The van der Waals surface area contributed by atoms with Crippen LogP contribution < -0.4 is 5.32 Å². The van der Waals surface area contributed by atoms with Gasteiger partial charge in [-0.2, -0.15) is 5.26 Å². The molecule has 0 radical (unpaired) electrons. The minimum Gasteiger partial charge on any atom is -0.462 e. The average molecular weight is 429 g/mol. The number of amides is 1. The normalized spacial score (nSPS) is 15.3. The first-order valence-corrected chi connectivity index (χ1v) is 11.7. The van der Waals surface area contributed by atoms with Gasteiger partial charge in [0.2, 0.25) is 5.91 Å². The van der Waals surface area contributed by atoms with Gasteiger partial charge >= 0.3 is 5.97 Å². The maximum absolute atomic E-state index is 12.5. The van der Waals surface area contributed by atoms with Gasteiger partial charge in [0.15, 0.2) is 0 Å². The molecule has 1 unspecified atom stereocenters. The van der Waals surface area contributed by atoms with E-state index in [0.717, 1.165) is 30.4 Å². The molecular weight excluding hydrogens is 404 g/mol. The quantitative estimate of drug-likeness (QED) is 0.641. The molecule has 7 heteroatoms. The fourth-order valence-corrected chi connectivity index (χ4v) is 5.60. The van der Waals surface area contributed by atoms with Gasteiger partial charge in [-0.15, -0.1) is 23.1 Å². The summed E-state index contributed by atoms with van der Waals surface area (Å²) in [5, 5.41) is 12.5. The summed E-state index contributed by atoms with van der Waals surface area (Å²) >= 11 is 2.98. The second kappa shape index (κ2) is 9.95. The van der Waals surface area contributed by atoms with Crippen molar-refractivity contribution < 1.29 is 14.3 Å². The number of esters is 1. The van der Waals surface area contributed by atoms with Gasteiger partial charge in [0.05, 0.1) is 29.6 Å². The Labute approximate surface area is 179 Å². The molecule has 2 aromatic rings. The van der Waals surface area contributed by atoms with E-state index in [9.17, 15) is 9.59 Å². The van der Waals surface area contributed by atoms with E-state index < -0.39 is 0 Å². The van der Waals surface area contributed by atoms with Crippen LogP contribution in [0.25, 0.3) is 0 Å². The molecule has 0 bridgehead atoms. The molecule has 1 aromatic heterocycles. The molecule has 0 saturated carbocycles. The van der Waals surface area contributed by atoms with E-state index in [2.05, 4.69) is 18.3 Å². The summed E-state index contributed by atoms with van der Waals surface area (Å²) in [7, 11) is 0. The molecule has 29 heavy (non-hydrogen) atoms. The molecule has 1 aliphatic carbocycles. The van der Waals surface area contributed by atoms with Crippen LogP contribution in [0.1, 0.15) is 52.2 Å². The van der Waals surface area contributed by atoms with Crippen LogP contribution in [-0.4, -0.2) is 24.2 Å². The number of anilines is 1. The maximum Gasteiger partial charge on any atom is 0.341 e. The number of hydrogen-bond acceptors (Lipinski definition) is 6. The van der Waals surface area contributed by atoms with Crippen molar-refractivity contribution >= 4 is 40.0 Å². The SMILES string of the molecule is CCOC(=O)c1c(NC(=O)CSCc2cccc(C#N)c2)sc2c1CCC(C)C2. The van der Waals surface area contributed by atoms with Gasteiger partial charge in [0, 0.05) is 10.6 Å². The van der Waals surface area contributed by atoms with Gasteiger partial charge in [-0.05, 0) is 55.4 Å². The van der Waals surface area contributed by atoms with Crippen LogP contribution in [-0.2, 0) is 28.1 Å². The van der Waals surface area contributed by atoms with Gasteiger partial charge in [-0.3, -0.25) is 4.79 Å². The zero-order valence-corrected chi connectivity index (χ0v) is 18.3. The number of fused-ring (bicyclic) bond motifs is 1. The number of hydrogen-bond donors (Lipinski definition) is 1. The fraction of sp³-hybridized carbons (Fsp3) is 0.409. The predicted octanol–water partition coefficient (Wildman–Crippen LogP) is 4.79. The van der Waals surface area contributed by atoms with Crippen molar-refractivity contribution in [2.45, 2.75) is 38.9 Å². The molecule has 0 fully saturated rings. The van der Waals surface area contributed by atoms with Crippen LogP contribution in [0.3, 0.4) is 0 Å². The lowest BCUT2D eigenvalue weighted by Crippen LogP contribution is -2.17. The summed E-state index contributed by atoms with van der Waals surface area (Å²) in [5.41, 5.74) is 3.21. The number of rotatable bonds is 7. The van der Waals surface area contributed by atoms with Gasteiger partial charge in [0.1, 0.15) is 5.00 Å². The Morgan fingerprint density at radius 2 is 2.24 bits per heavy atom. The predicted molar refractivity (Wildman–Crippen MR) is 117 cm³/mol. The smallest absolute Gasteiger partial charge is 0.341 e. The molecule has 0 saturated heterocycles. The molecule has 3 rings (SSSR count). The summed E-state index contributed by atoms with van der Waals surface area (Å²) in [6, 6.07) is 9.50. The Morgan fingerprint density at radius 1 is 1.41 bits per heavy atom. The van der Waals surface area contributed by atoms with Crippen molar-refractivity contribution in [2.75, 3.05) is 17.7 Å². The summed E-state index contributed by atoms with van der Waals surface area (Å²) in [6.45, 7) is 4.31. The molecule has 152 valence electrons. The highest BCUT2D eigenvalue weighted by molar-refractivity contribution is 7.99. The molecule has 1 N–H and O–H groups in total. The summed E-state index contributed by atoms with van der Waals surface area (Å²) < 4.78 is 5.25. The number of thiophene rings is 1. The summed E-state index contributed by atoms with van der Waals surface area (Å²) in [5.74, 6) is 1.02. The first kappa shape index (κ1) is 21.4. The molecule has 1 heterocycles. The van der Waals surface area contributed by atoms with Crippen LogP contribution in [0.15, 0.2) is 24.3 Å². The molecule has 0 aliphatic heterocycles. The molecule has 1 amide bonds. The average Bonchev–Trinajstić information content (AvgIpc) is 3.05. The molecule has 1 aliphatic rings. The first-order chi connectivity index (χ1) is 14.0. The van der Waals surface area contributed by atoms with Crippen molar-refractivity contribution in [1.82, 2.24) is 0 Å². The Hall–Kier alpha value is -2.30. The van der Waals surface area contributed by atoms with Gasteiger partial charge in [-0.25, -0.2) is 4.79 Å². The standard InChI is InChI=1S/C22H24N2O3S2/c1-3-27-22(26)20-17-8-7-14(2)9-18(17)29-21(20)24-19(25)13-28-12-16-6-4-5-15(10-16)11-23/h4-6,10,14H,3,7-9,12-13H2,1-2H3,(H,24,25). The van der Waals surface area contributed by atoms with Gasteiger partial charge in [-0.1, -0.05) is 19.1 Å². The Bertz CT molecular complexity index is 946. The second-order valence-corrected chi connectivity index (χ2v) is 9.22. The van der Waals surface area contributed by atoms with Crippen LogP contribution >= 0.6 is 23.1 Å².